The molecule has 0 spiro atoms. The Hall–Kier alpha value is -2.54. The van der Waals surface area contributed by atoms with Crippen LogP contribution in [-0.4, -0.2) is 20.6 Å². The van der Waals surface area contributed by atoms with Crippen LogP contribution in [0.15, 0.2) is 46.9 Å². The number of furan rings is 1. The van der Waals surface area contributed by atoms with Crippen molar-refractivity contribution in [2.75, 3.05) is 16.3 Å². The lowest BCUT2D eigenvalue weighted by atomic mass is 10.2. The predicted octanol–water partition coefficient (Wildman–Crippen LogP) is 3.43. The highest BCUT2D eigenvalue weighted by atomic mass is 32.2. The highest BCUT2D eigenvalue weighted by Crippen LogP contribution is 2.47. The number of carbonyl (C=O) groups excluding carboxylic acids is 1. The van der Waals surface area contributed by atoms with E-state index < -0.39 is 10.0 Å². The van der Waals surface area contributed by atoms with E-state index in [-0.39, 0.29) is 5.91 Å². The fourth-order valence-corrected chi connectivity index (χ4v) is 3.17. The molecule has 1 fully saturated rings. The van der Waals surface area contributed by atoms with Gasteiger partial charge in [0.2, 0.25) is 15.9 Å². The zero-order valence-corrected chi connectivity index (χ0v) is 14.8. The molecule has 1 aromatic heterocycles. The lowest BCUT2D eigenvalue weighted by Gasteiger charge is -2.10. The van der Waals surface area contributed by atoms with E-state index in [0.29, 0.717) is 29.0 Å². The number of nitrogens with one attached hydrogen (secondary N) is 2. The van der Waals surface area contributed by atoms with Crippen LogP contribution in [-0.2, 0) is 14.8 Å². The maximum Gasteiger partial charge on any atom is 0.248 e. The van der Waals surface area contributed by atoms with E-state index in [2.05, 4.69) is 17.0 Å². The largest absolute Gasteiger partial charge is 0.461 e. The van der Waals surface area contributed by atoms with Crippen LogP contribution in [0.5, 0.6) is 0 Å². The van der Waals surface area contributed by atoms with Crippen molar-refractivity contribution in [3.8, 4) is 0 Å². The monoisotopic (exact) mass is 360 g/mol. The first-order valence-electron chi connectivity index (χ1n) is 7.97. The number of carbonyl (C=O) groups is 1. The minimum absolute atomic E-state index is 0.315. The highest BCUT2D eigenvalue weighted by molar-refractivity contribution is 7.92. The number of amides is 1. The summed E-state index contributed by atoms with van der Waals surface area (Å²) in [6.07, 6.45) is 5.15. The molecule has 132 valence electrons. The average molecular weight is 360 g/mol. The van der Waals surface area contributed by atoms with E-state index in [4.69, 9.17) is 4.42 Å². The molecule has 0 bridgehead atoms. The van der Waals surface area contributed by atoms with E-state index >= 15 is 0 Å². The lowest BCUT2D eigenvalue weighted by molar-refractivity contribution is -0.111. The van der Waals surface area contributed by atoms with Crippen LogP contribution in [0.2, 0.25) is 0 Å². The average Bonchev–Trinajstić information content (AvgIpc) is 3.07. The topological polar surface area (TPSA) is 88.4 Å². The first-order chi connectivity index (χ1) is 11.8. The second kappa shape index (κ2) is 6.76. The summed E-state index contributed by atoms with van der Waals surface area (Å²) in [5, 5.41) is 2.66. The van der Waals surface area contributed by atoms with Gasteiger partial charge in [0.15, 0.2) is 0 Å². The molecule has 1 aliphatic rings. The van der Waals surface area contributed by atoms with Crippen molar-refractivity contribution in [1.82, 2.24) is 0 Å². The van der Waals surface area contributed by atoms with Gasteiger partial charge in [0.25, 0.3) is 0 Å². The fraction of sp³-hybridized carbons (Fsp3) is 0.278. The molecular weight excluding hydrogens is 340 g/mol. The van der Waals surface area contributed by atoms with Crippen LogP contribution < -0.4 is 10.0 Å². The Morgan fingerprint density at radius 3 is 2.52 bits per heavy atom. The second-order valence-corrected chi connectivity index (χ2v) is 8.05. The molecule has 2 unspecified atom stereocenters. The van der Waals surface area contributed by atoms with Crippen molar-refractivity contribution in [1.29, 1.82) is 0 Å². The summed E-state index contributed by atoms with van der Waals surface area (Å²) in [5.74, 6) is 2.34. The summed E-state index contributed by atoms with van der Waals surface area (Å²) in [6, 6.07) is 10.4. The smallest absolute Gasteiger partial charge is 0.248 e. The summed E-state index contributed by atoms with van der Waals surface area (Å²) in [4.78, 5) is 12.1. The maximum absolute atomic E-state index is 12.1. The van der Waals surface area contributed by atoms with Gasteiger partial charge in [-0.05, 0) is 42.7 Å². The van der Waals surface area contributed by atoms with Gasteiger partial charge in [-0.3, -0.25) is 9.52 Å². The highest BCUT2D eigenvalue weighted by Gasteiger charge is 2.36. The molecule has 3 rings (SSSR count). The SMILES string of the molecule is CC1CC1c1ccc(/C=C/C(=O)Nc2ccccc2NS(C)(=O)=O)o1. The number of hydrogen-bond acceptors (Lipinski definition) is 4. The van der Waals surface area contributed by atoms with Gasteiger partial charge in [-0.1, -0.05) is 19.1 Å². The Morgan fingerprint density at radius 1 is 1.20 bits per heavy atom. The molecule has 1 heterocycles. The van der Waals surface area contributed by atoms with Crippen molar-refractivity contribution in [2.45, 2.75) is 19.3 Å². The Bertz CT molecular complexity index is 915. The Balaban J connectivity index is 1.65. The van der Waals surface area contributed by atoms with E-state index in [1.54, 1.807) is 30.3 Å². The molecule has 1 saturated carbocycles. The van der Waals surface area contributed by atoms with E-state index in [1.165, 1.54) is 6.08 Å². The first kappa shape index (κ1) is 17.3. The first-order valence-corrected chi connectivity index (χ1v) is 9.86. The Kier molecular flexibility index (Phi) is 4.67. The van der Waals surface area contributed by atoms with Gasteiger partial charge >= 0.3 is 0 Å². The minimum Gasteiger partial charge on any atom is -0.461 e. The Morgan fingerprint density at radius 2 is 1.88 bits per heavy atom. The number of para-hydroxylation sites is 2. The maximum atomic E-state index is 12.1. The predicted molar refractivity (Wildman–Crippen MR) is 97.8 cm³/mol. The molecule has 0 saturated heterocycles. The van der Waals surface area contributed by atoms with E-state index in [9.17, 15) is 13.2 Å². The van der Waals surface area contributed by atoms with Crippen molar-refractivity contribution >= 4 is 33.4 Å². The number of rotatable bonds is 6. The molecule has 2 atom stereocenters. The van der Waals surface area contributed by atoms with Gasteiger partial charge in [-0.25, -0.2) is 8.42 Å². The normalized spacial score (nSPS) is 19.8. The number of hydrogen-bond donors (Lipinski definition) is 2. The number of benzene rings is 1. The van der Waals surface area contributed by atoms with Crippen LogP contribution in [0.1, 0.15) is 30.8 Å². The molecule has 0 radical (unpaired) electrons. The van der Waals surface area contributed by atoms with Gasteiger partial charge in [0.1, 0.15) is 11.5 Å². The van der Waals surface area contributed by atoms with Crippen molar-refractivity contribution in [2.24, 2.45) is 5.92 Å². The molecule has 1 amide bonds. The van der Waals surface area contributed by atoms with Crippen LogP contribution in [0.4, 0.5) is 11.4 Å². The summed E-state index contributed by atoms with van der Waals surface area (Å²) in [5.41, 5.74) is 0.698. The molecular formula is C18H20N2O4S. The summed E-state index contributed by atoms with van der Waals surface area (Å²) in [6.45, 7) is 2.18. The zero-order valence-electron chi connectivity index (χ0n) is 14.0. The van der Waals surface area contributed by atoms with Crippen LogP contribution in [0.3, 0.4) is 0 Å². The van der Waals surface area contributed by atoms with Gasteiger partial charge in [0.05, 0.1) is 17.6 Å². The molecule has 7 heteroatoms. The second-order valence-electron chi connectivity index (χ2n) is 6.30. The number of sulfonamides is 1. The molecule has 2 aromatic rings. The molecule has 25 heavy (non-hydrogen) atoms. The molecule has 6 nitrogen and oxygen atoms in total. The lowest BCUT2D eigenvalue weighted by Crippen LogP contribution is -2.14. The molecule has 2 N–H and O–H groups in total. The van der Waals surface area contributed by atoms with Crippen LogP contribution in [0, 0.1) is 5.92 Å². The third-order valence-corrected chi connectivity index (χ3v) is 4.59. The summed E-state index contributed by atoms with van der Waals surface area (Å²) in [7, 11) is -3.43. The van der Waals surface area contributed by atoms with Gasteiger partial charge in [0, 0.05) is 12.0 Å². The quantitative estimate of drug-likeness (QED) is 0.773. The van der Waals surface area contributed by atoms with Crippen molar-refractivity contribution < 1.29 is 17.6 Å². The molecule has 0 aliphatic heterocycles. The third-order valence-electron chi connectivity index (χ3n) is 4.00. The zero-order chi connectivity index (χ0) is 18.0. The standard InChI is InChI=1S/C18H20N2O4S/c1-12-11-14(12)17-9-7-13(24-17)8-10-18(21)19-15-5-3-4-6-16(15)20-25(2,22)23/h3-10,12,14,20H,11H2,1-2H3,(H,19,21)/b10-8+. The van der Waals surface area contributed by atoms with Crippen molar-refractivity contribution in [3.05, 3.63) is 54.0 Å². The van der Waals surface area contributed by atoms with Crippen LogP contribution >= 0.6 is 0 Å². The third kappa shape index (κ3) is 4.73. The molecule has 1 aromatic carbocycles. The number of anilines is 2. The van der Waals surface area contributed by atoms with Crippen LogP contribution in [0.25, 0.3) is 6.08 Å². The fourth-order valence-electron chi connectivity index (χ4n) is 2.59. The summed E-state index contributed by atoms with van der Waals surface area (Å²) >= 11 is 0. The molecule has 1 aliphatic carbocycles. The summed E-state index contributed by atoms with van der Waals surface area (Å²) < 4.78 is 30.8. The minimum atomic E-state index is -3.43. The van der Waals surface area contributed by atoms with Gasteiger partial charge in [-0.2, -0.15) is 0 Å². The van der Waals surface area contributed by atoms with Gasteiger partial charge < -0.3 is 9.73 Å². The van der Waals surface area contributed by atoms with E-state index in [1.807, 2.05) is 12.1 Å². The van der Waals surface area contributed by atoms with Crippen molar-refractivity contribution in [3.63, 3.8) is 0 Å². The Labute approximate surface area is 147 Å². The van der Waals surface area contributed by atoms with Gasteiger partial charge in [-0.15, -0.1) is 0 Å². The van der Waals surface area contributed by atoms with E-state index in [0.717, 1.165) is 18.4 Å².